The van der Waals surface area contributed by atoms with E-state index in [2.05, 4.69) is 19.2 Å². The summed E-state index contributed by atoms with van der Waals surface area (Å²) in [6.07, 6.45) is 4.22. The Hall–Kier alpha value is -1.13. The van der Waals surface area contributed by atoms with Crippen molar-refractivity contribution in [3.8, 4) is 5.75 Å². The predicted molar refractivity (Wildman–Crippen MR) is 82.2 cm³/mol. The van der Waals surface area contributed by atoms with Gasteiger partial charge < -0.3 is 14.8 Å². The van der Waals surface area contributed by atoms with Gasteiger partial charge in [0.15, 0.2) is 0 Å². The second-order valence-corrected chi connectivity index (χ2v) is 5.89. The molecule has 1 saturated heterocycles. The molecular weight excluding hydrogens is 269 g/mol. The largest absolute Gasteiger partial charge is 0.496 e. The van der Waals surface area contributed by atoms with Crippen LogP contribution < -0.4 is 10.1 Å². The fourth-order valence-corrected chi connectivity index (χ4v) is 3.06. The van der Waals surface area contributed by atoms with E-state index < -0.39 is 0 Å². The van der Waals surface area contributed by atoms with Crippen LogP contribution in [0.15, 0.2) is 18.2 Å². The van der Waals surface area contributed by atoms with Gasteiger partial charge in [-0.05, 0) is 57.4 Å². The Morgan fingerprint density at radius 2 is 2.24 bits per heavy atom. The second kappa shape index (κ2) is 7.23. The third-order valence-corrected chi connectivity index (χ3v) is 4.21. The van der Waals surface area contributed by atoms with E-state index in [1.165, 1.54) is 6.07 Å². The van der Waals surface area contributed by atoms with Crippen LogP contribution in [0.4, 0.5) is 4.39 Å². The standard InChI is InChI=1S/C17H26FNO2/c1-4-10-19-16(17(2)9-5-6-11-21-17)14-12-13(18)7-8-15(14)20-3/h7-8,12,16,19H,4-6,9-11H2,1-3H3. The molecule has 21 heavy (non-hydrogen) atoms. The number of nitrogens with one attached hydrogen (secondary N) is 1. The van der Waals surface area contributed by atoms with Crippen LogP contribution in [0.25, 0.3) is 0 Å². The molecule has 0 radical (unpaired) electrons. The van der Waals surface area contributed by atoms with Crippen LogP contribution in [0.2, 0.25) is 0 Å². The summed E-state index contributed by atoms with van der Waals surface area (Å²) in [5, 5.41) is 3.53. The predicted octanol–water partition coefficient (Wildman–Crippen LogP) is 3.83. The molecular formula is C17H26FNO2. The normalized spacial score (nSPS) is 23.8. The average Bonchev–Trinajstić information content (AvgIpc) is 2.48. The lowest BCUT2D eigenvalue weighted by Gasteiger charge is -2.41. The number of halogens is 1. The van der Waals surface area contributed by atoms with Crippen molar-refractivity contribution in [2.24, 2.45) is 0 Å². The number of hydrogen-bond acceptors (Lipinski definition) is 3. The van der Waals surface area contributed by atoms with E-state index in [0.717, 1.165) is 44.4 Å². The van der Waals surface area contributed by atoms with Gasteiger partial charge in [-0.2, -0.15) is 0 Å². The van der Waals surface area contributed by atoms with Gasteiger partial charge in [0.1, 0.15) is 11.6 Å². The monoisotopic (exact) mass is 295 g/mol. The van der Waals surface area contributed by atoms with Crippen LogP contribution in [-0.4, -0.2) is 25.9 Å². The third kappa shape index (κ3) is 3.74. The summed E-state index contributed by atoms with van der Waals surface area (Å²) in [5.74, 6) is 0.467. The van der Waals surface area contributed by atoms with Crippen molar-refractivity contribution in [1.29, 1.82) is 0 Å². The van der Waals surface area contributed by atoms with E-state index in [1.807, 2.05) is 0 Å². The molecule has 0 amide bonds. The lowest BCUT2D eigenvalue weighted by Crippen LogP contribution is -2.46. The zero-order valence-electron chi connectivity index (χ0n) is 13.2. The van der Waals surface area contributed by atoms with Crippen LogP contribution in [-0.2, 0) is 4.74 Å². The summed E-state index contributed by atoms with van der Waals surface area (Å²) >= 11 is 0. The van der Waals surface area contributed by atoms with E-state index in [1.54, 1.807) is 19.2 Å². The first kappa shape index (κ1) is 16.2. The molecule has 0 saturated carbocycles. The smallest absolute Gasteiger partial charge is 0.123 e. The van der Waals surface area contributed by atoms with E-state index >= 15 is 0 Å². The van der Waals surface area contributed by atoms with Crippen LogP contribution in [0.3, 0.4) is 0 Å². The van der Waals surface area contributed by atoms with Gasteiger partial charge in [0.2, 0.25) is 0 Å². The van der Waals surface area contributed by atoms with Crippen molar-refractivity contribution in [2.75, 3.05) is 20.3 Å². The molecule has 2 atom stereocenters. The van der Waals surface area contributed by atoms with Crippen molar-refractivity contribution in [1.82, 2.24) is 5.32 Å². The van der Waals surface area contributed by atoms with E-state index in [-0.39, 0.29) is 17.5 Å². The van der Waals surface area contributed by atoms with E-state index in [4.69, 9.17) is 9.47 Å². The Morgan fingerprint density at radius 3 is 2.86 bits per heavy atom. The van der Waals surface area contributed by atoms with Crippen molar-refractivity contribution >= 4 is 0 Å². The summed E-state index contributed by atoms with van der Waals surface area (Å²) < 4.78 is 25.2. The summed E-state index contributed by atoms with van der Waals surface area (Å²) in [6.45, 7) is 5.86. The average molecular weight is 295 g/mol. The molecule has 0 aromatic heterocycles. The van der Waals surface area contributed by atoms with Crippen LogP contribution in [0.5, 0.6) is 5.75 Å². The highest BCUT2D eigenvalue weighted by molar-refractivity contribution is 5.38. The Balaban J connectivity index is 2.37. The minimum absolute atomic E-state index is 0.0663. The fraction of sp³-hybridized carbons (Fsp3) is 0.647. The lowest BCUT2D eigenvalue weighted by atomic mass is 9.83. The fourth-order valence-electron chi connectivity index (χ4n) is 3.06. The Kier molecular flexibility index (Phi) is 5.59. The SMILES string of the molecule is CCCNC(c1cc(F)ccc1OC)C1(C)CCCCO1. The molecule has 1 aromatic rings. The number of ether oxygens (including phenoxy) is 2. The van der Waals surface area contributed by atoms with Crippen LogP contribution in [0.1, 0.15) is 51.1 Å². The highest BCUT2D eigenvalue weighted by atomic mass is 19.1. The Bertz CT molecular complexity index is 458. The molecule has 1 aromatic carbocycles. The highest BCUT2D eigenvalue weighted by Gasteiger charge is 2.39. The first-order valence-electron chi connectivity index (χ1n) is 7.81. The number of rotatable bonds is 6. The molecule has 0 bridgehead atoms. The zero-order chi connectivity index (χ0) is 15.3. The van der Waals surface area contributed by atoms with E-state index in [0.29, 0.717) is 5.75 Å². The third-order valence-electron chi connectivity index (χ3n) is 4.21. The number of benzene rings is 1. The van der Waals surface area contributed by atoms with Crippen molar-refractivity contribution in [2.45, 2.75) is 51.2 Å². The van der Waals surface area contributed by atoms with Gasteiger partial charge >= 0.3 is 0 Å². The van der Waals surface area contributed by atoms with Gasteiger partial charge in [-0.25, -0.2) is 4.39 Å². The molecule has 2 unspecified atom stereocenters. The molecule has 4 heteroatoms. The molecule has 1 N–H and O–H groups in total. The first-order valence-corrected chi connectivity index (χ1v) is 7.81. The lowest BCUT2D eigenvalue weighted by molar-refractivity contribution is -0.0901. The molecule has 1 fully saturated rings. The molecule has 1 heterocycles. The number of hydrogen-bond donors (Lipinski definition) is 1. The molecule has 1 aliphatic heterocycles. The molecule has 3 nitrogen and oxygen atoms in total. The summed E-state index contributed by atoms with van der Waals surface area (Å²) in [6, 6.07) is 4.62. The zero-order valence-corrected chi connectivity index (χ0v) is 13.2. The van der Waals surface area contributed by atoms with Gasteiger partial charge in [0, 0.05) is 12.2 Å². The van der Waals surface area contributed by atoms with Crippen LogP contribution >= 0.6 is 0 Å². The van der Waals surface area contributed by atoms with Gasteiger partial charge in [-0.3, -0.25) is 0 Å². The molecule has 118 valence electrons. The molecule has 1 aliphatic rings. The Morgan fingerprint density at radius 1 is 1.43 bits per heavy atom. The maximum Gasteiger partial charge on any atom is 0.123 e. The minimum atomic E-state index is -0.325. The van der Waals surface area contributed by atoms with Gasteiger partial charge in [-0.1, -0.05) is 6.92 Å². The van der Waals surface area contributed by atoms with E-state index in [9.17, 15) is 4.39 Å². The summed E-state index contributed by atoms with van der Waals surface area (Å²) in [4.78, 5) is 0. The quantitative estimate of drug-likeness (QED) is 0.865. The van der Waals surface area contributed by atoms with Crippen molar-refractivity contribution in [3.05, 3.63) is 29.6 Å². The summed E-state index contributed by atoms with van der Waals surface area (Å²) in [7, 11) is 1.62. The molecule has 0 spiro atoms. The maximum absolute atomic E-state index is 13.7. The minimum Gasteiger partial charge on any atom is -0.496 e. The van der Waals surface area contributed by atoms with Gasteiger partial charge in [0.25, 0.3) is 0 Å². The van der Waals surface area contributed by atoms with Gasteiger partial charge in [-0.15, -0.1) is 0 Å². The van der Waals surface area contributed by atoms with Crippen molar-refractivity contribution < 1.29 is 13.9 Å². The Labute approximate surface area is 126 Å². The van der Waals surface area contributed by atoms with Gasteiger partial charge in [0.05, 0.1) is 18.8 Å². The van der Waals surface area contributed by atoms with Crippen LogP contribution in [0, 0.1) is 5.82 Å². The molecule has 0 aliphatic carbocycles. The second-order valence-electron chi connectivity index (χ2n) is 5.89. The number of methoxy groups -OCH3 is 1. The maximum atomic E-state index is 13.7. The highest BCUT2D eigenvalue weighted by Crippen LogP contribution is 2.40. The first-order chi connectivity index (χ1) is 10.1. The topological polar surface area (TPSA) is 30.5 Å². The molecule has 2 rings (SSSR count). The summed E-state index contributed by atoms with van der Waals surface area (Å²) in [5.41, 5.74) is 0.518. The van der Waals surface area contributed by atoms with Crippen molar-refractivity contribution in [3.63, 3.8) is 0 Å².